The Kier molecular flexibility index (Phi) is 4.55. The number of piperidine rings is 1. The standard InChI is InChI=1S/C12H19ClN2O3S/c1-19(16,17)15-5-2-3-9(8-15)7-11(14)10-4-6-18-12(10)13/h4,6,9,11H,2-3,5,7-8,14H2,1H3. The van der Waals surface area contributed by atoms with Crippen LogP contribution in [0.1, 0.15) is 30.9 Å². The van der Waals surface area contributed by atoms with Crippen molar-refractivity contribution in [2.75, 3.05) is 19.3 Å². The van der Waals surface area contributed by atoms with Gasteiger partial charge in [-0.25, -0.2) is 12.7 Å². The summed E-state index contributed by atoms with van der Waals surface area (Å²) in [4.78, 5) is 0. The first-order chi connectivity index (χ1) is 8.88. The fraction of sp³-hybridized carbons (Fsp3) is 0.667. The van der Waals surface area contributed by atoms with Crippen molar-refractivity contribution >= 4 is 21.6 Å². The molecule has 2 rings (SSSR count). The molecule has 2 unspecified atom stereocenters. The Morgan fingerprint density at radius 3 is 2.95 bits per heavy atom. The molecule has 1 aromatic heterocycles. The number of hydrogen-bond donors (Lipinski definition) is 1. The van der Waals surface area contributed by atoms with Crippen LogP contribution in [0.5, 0.6) is 0 Å². The van der Waals surface area contributed by atoms with Gasteiger partial charge in [0, 0.05) is 24.7 Å². The van der Waals surface area contributed by atoms with Crippen LogP contribution in [-0.2, 0) is 10.0 Å². The number of nitrogens with two attached hydrogens (primary N) is 1. The summed E-state index contributed by atoms with van der Waals surface area (Å²) < 4.78 is 29.7. The van der Waals surface area contributed by atoms with E-state index in [1.54, 1.807) is 6.07 Å². The van der Waals surface area contributed by atoms with E-state index in [4.69, 9.17) is 21.8 Å². The second-order valence-corrected chi connectivity index (χ2v) is 7.45. The second kappa shape index (κ2) is 5.83. The molecule has 5 nitrogen and oxygen atoms in total. The Morgan fingerprint density at radius 1 is 1.63 bits per heavy atom. The highest BCUT2D eigenvalue weighted by Crippen LogP contribution is 2.30. The normalized spacial score (nSPS) is 23.4. The summed E-state index contributed by atoms with van der Waals surface area (Å²) >= 11 is 5.90. The Bertz CT molecular complexity index is 529. The molecule has 2 atom stereocenters. The average molecular weight is 307 g/mol. The van der Waals surface area contributed by atoms with E-state index < -0.39 is 10.0 Å². The van der Waals surface area contributed by atoms with Gasteiger partial charge in [0.1, 0.15) is 0 Å². The van der Waals surface area contributed by atoms with E-state index >= 15 is 0 Å². The molecule has 0 radical (unpaired) electrons. The highest BCUT2D eigenvalue weighted by Gasteiger charge is 2.27. The first-order valence-electron chi connectivity index (χ1n) is 6.31. The highest BCUT2D eigenvalue weighted by molar-refractivity contribution is 7.88. The van der Waals surface area contributed by atoms with Crippen LogP contribution >= 0.6 is 11.6 Å². The molecule has 1 fully saturated rings. The molecule has 2 N–H and O–H groups in total. The van der Waals surface area contributed by atoms with E-state index in [9.17, 15) is 8.42 Å². The van der Waals surface area contributed by atoms with Gasteiger partial charge in [0.05, 0.1) is 12.5 Å². The second-order valence-electron chi connectivity index (χ2n) is 5.12. The minimum atomic E-state index is -3.11. The van der Waals surface area contributed by atoms with Crippen LogP contribution in [-0.4, -0.2) is 32.1 Å². The quantitative estimate of drug-likeness (QED) is 0.923. The van der Waals surface area contributed by atoms with Gasteiger partial charge in [-0.3, -0.25) is 0 Å². The zero-order valence-electron chi connectivity index (χ0n) is 10.9. The maximum atomic E-state index is 11.6. The van der Waals surface area contributed by atoms with Gasteiger partial charge in [-0.1, -0.05) is 0 Å². The molecule has 1 saturated heterocycles. The van der Waals surface area contributed by atoms with Crippen LogP contribution in [0.2, 0.25) is 5.22 Å². The van der Waals surface area contributed by atoms with Crippen molar-refractivity contribution in [3.05, 3.63) is 23.1 Å². The van der Waals surface area contributed by atoms with Gasteiger partial charge in [-0.05, 0) is 42.8 Å². The van der Waals surface area contributed by atoms with Gasteiger partial charge in [-0.2, -0.15) is 0 Å². The van der Waals surface area contributed by atoms with Crippen LogP contribution < -0.4 is 5.73 Å². The summed E-state index contributed by atoms with van der Waals surface area (Å²) in [5.41, 5.74) is 6.90. The van der Waals surface area contributed by atoms with Gasteiger partial charge in [0.15, 0.2) is 5.22 Å². The minimum absolute atomic E-state index is 0.212. The molecular formula is C12H19ClN2O3S. The molecule has 0 bridgehead atoms. The smallest absolute Gasteiger partial charge is 0.211 e. The lowest BCUT2D eigenvalue weighted by Crippen LogP contribution is -2.40. The maximum Gasteiger partial charge on any atom is 0.211 e. The Hall–Kier alpha value is -0.560. The van der Waals surface area contributed by atoms with E-state index in [-0.39, 0.29) is 12.0 Å². The van der Waals surface area contributed by atoms with Crippen LogP contribution in [0.3, 0.4) is 0 Å². The molecule has 1 aliphatic heterocycles. The van der Waals surface area contributed by atoms with Crippen molar-refractivity contribution in [1.29, 1.82) is 0 Å². The van der Waals surface area contributed by atoms with Gasteiger partial charge >= 0.3 is 0 Å². The fourth-order valence-electron chi connectivity index (χ4n) is 2.58. The number of sulfonamides is 1. The monoisotopic (exact) mass is 306 g/mol. The summed E-state index contributed by atoms with van der Waals surface area (Å²) in [6.07, 6.45) is 5.35. The number of rotatable bonds is 4. The van der Waals surface area contributed by atoms with E-state index in [1.807, 2.05) is 0 Å². The third-order valence-electron chi connectivity index (χ3n) is 3.58. The summed E-state index contributed by atoms with van der Waals surface area (Å²) in [5.74, 6) is 0.268. The van der Waals surface area contributed by atoms with Crippen LogP contribution in [0, 0.1) is 5.92 Å². The van der Waals surface area contributed by atoms with E-state index in [0.29, 0.717) is 24.7 Å². The Labute approximate surface area is 118 Å². The third kappa shape index (κ3) is 3.72. The van der Waals surface area contributed by atoms with Crippen molar-refractivity contribution in [2.45, 2.75) is 25.3 Å². The van der Waals surface area contributed by atoms with E-state index in [2.05, 4.69) is 0 Å². The molecule has 2 heterocycles. The molecule has 0 amide bonds. The number of hydrogen-bond acceptors (Lipinski definition) is 4. The molecule has 108 valence electrons. The molecule has 0 spiro atoms. The van der Waals surface area contributed by atoms with Crippen molar-refractivity contribution in [3.8, 4) is 0 Å². The molecule has 0 aromatic carbocycles. The Balaban J connectivity index is 1.98. The van der Waals surface area contributed by atoms with E-state index in [0.717, 1.165) is 18.4 Å². The summed E-state index contributed by atoms with van der Waals surface area (Å²) in [6.45, 7) is 1.15. The van der Waals surface area contributed by atoms with Gasteiger partial charge in [0.2, 0.25) is 10.0 Å². The van der Waals surface area contributed by atoms with Crippen molar-refractivity contribution in [1.82, 2.24) is 4.31 Å². The van der Waals surface area contributed by atoms with Crippen LogP contribution in [0.25, 0.3) is 0 Å². The first kappa shape index (κ1) is 14.8. The SMILES string of the molecule is CS(=O)(=O)N1CCCC(CC(N)c2ccoc2Cl)C1. The zero-order valence-corrected chi connectivity index (χ0v) is 12.5. The minimum Gasteiger partial charge on any atom is -0.453 e. The summed E-state index contributed by atoms with van der Waals surface area (Å²) in [7, 11) is -3.11. The van der Waals surface area contributed by atoms with Crippen molar-refractivity contribution < 1.29 is 12.8 Å². The lowest BCUT2D eigenvalue weighted by atomic mass is 9.91. The topological polar surface area (TPSA) is 76.5 Å². The summed E-state index contributed by atoms with van der Waals surface area (Å²) in [5, 5.41) is 0.322. The number of furan rings is 1. The average Bonchev–Trinajstić information content (AvgIpc) is 2.75. The number of nitrogens with zero attached hydrogens (tertiary/aromatic N) is 1. The molecule has 1 aromatic rings. The first-order valence-corrected chi connectivity index (χ1v) is 8.54. The largest absolute Gasteiger partial charge is 0.453 e. The molecule has 19 heavy (non-hydrogen) atoms. The molecule has 7 heteroatoms. The number of halogens is 1. The molecule has 0 saturated carbocycles. The molecule has 0 aliphatic carbocycles. The van der Waals surface area contributed by atoms with Crippen LogP contribution in [0.4, 0.5) is 0 Å². The van der Waals surface area contributed by atoms with Crippen molar-refractivity contribution in [3.63, 3.8) is 0 Å². The molecular weight excluding hydrogens is 288 g/mol. The molecule has 1 aliphatic rings. The van der Waals surface area contributed by atoms with E-state index in [1.165, 1.54) is 16.8 Å². The van der Waals surface area contributed by atoms with Gasteiger partial charge in [0.25, 0.3) is 0 Å². The summed E-state index contributed by atoms with van der Waals surface area (Å²) in [6, 6.07) is 1.56. The highest BCUT2D eigenvalue weighted by atomic mass is 35.5. The third-order valence-corrected chi connectivity index (χ3v) is 5.16. The van der Waals surface area contributed by atoms with Crippen molar-refractivity contribution in [2.24, 2.45) is 11.7 Å². The zero-order chi connectivity index (χ0) is 14.0. The Morgan fingerprint density at radius 2 is 2.37 bits per heavy atom. The lowest BCUT2D eigenvalue weighted by Gasteiger charge is -2.32. The van der Waals surface area contributed by atoms with Gasteiger partial charge in [-0.15, -0.1) is 0 Å². The lowest BCUT2D eigenvalue weighted by molar-refractivity contribution is 0.247. The maximum absolute atomic E-state index is 11.6. The predicted octanol–water partition coefficient (Wildman–Crippen LogP) is 1.99. The van der Waals surface area contributed by atoms with Crippen LogP contribution in [0.15, 0.2) is 16.7 Å². The predicted molar refractivity (Wildman–Crippen MR) is 74.4 cm³/mol. The van der Waals surface area contributed by atoms with Gasteiger partial charge < -0.3 is 10.2 Å². The fourth-order valence-corrected chi connectivity index (χ4v) is 3.77.